The van der Waals surface area contributed by atoms with Crippen molar-refractivity contribution < 1.29 is 4.79 Å². The highest BCUT2D eigenvalue weighted by Crippen LogP contribution is 2.24. The Bertz CT molecular complexity index is 983. The predicted molar refractivity (Wildman–Crippen MR) is 131 cm³/mol. The van der Waals surface area contributed by atoms with E-state index in [2.05, 4.69) is 65.1 Å². The van der Waals surface area contributed by atoms with E-state index < -0.39 is 0 Å². The third kappa shape index (κ3) is 5.61. The average Bonchev–Trinajstić information content (AvgIpc) is 2.84. The Balaban J connectivity index is 1.33. The van der Waals surface area contributed by atoms with E-state index in [1.54, 1.807) is 0 Å². The third-order valence-electron chi connectivity index (χ3n) is 5.55. The van der Waals surface area contributed by atoms with Gasteiger partial charge >= 0.3 is 0 Å². The Morgan fingerprint density at radius 3 is 2.35 bits per heavy atom. The van der Waals surface area contributed by atoms with Crippen molar-refractivity contribution in [2.75, 3.05) is 35.8 Å². The molecule has 0 aliphatic carbocycles. The molecule has 0 aromatic heterocycles. The van der Waals surface area contributed by atoms with Crippen LogP contribution in [0.4, 0.5) is 11.4 Å². The number of aryl methyl sites for hydroxylation is 1. The van der Waals surface area contributed by atoms with Crippen LogP contribution in [-0.4, -0.2) is 37.0 Å². The van der Waals surface area contributed by atoms with Crippen molar-refractivity contribution in [1.29, 1.82) is 0 Å². The Morgan fingerprint density at radius 2 is 1.65 bits per heavy atom. The molecular formula is C26H29N3OS. The smallest absolute Gasteiger partial charge is 0.254 e. The summed E-state index contributed by atoms with van der Waals surface area (Å²) in [6.45, 7) is 5.40. The Labute approximate surface area is 189 Å². The highest BCUT2D eigenvalue weighted by Gasteiger charge is 2.22. The van der Waals surface area contributed by atoms with Gasteiger partial charge in [0, 0.05) is 48.0 Å². The van der Waals surface area contributed by atoms with Gasteiger partial charge in [-0.25, -0.2) is 0 Å². The Kier molecular flexibility index (Phi) is 7.15. The number of piperazine rings is 1. The van der Waals surface area contributed by atoms with Crippen LogP contribution < -0.4 is 9.62 Å². The van der Waals surface area contributed by atoms with Crippen molar-refractivity contribution in [1.82, 2.24) is 4.90 Å². The second kappa shape index (κ2) is 10.4. The molecule has 1 heterocycles. The number of rotatable bonds is 7. The first-order valence-corrected chi connectivity index (χ1v) is 11.8. The van der Waals surface area contributed by atoms with Crippen molar-refractivity contribution in [2.24, 2.45) is 0 Å². The predicted octanol–water partition coefficient (Wildman–Crippen LogP) is 5.72. The van der Waals surface area contributed by atoms with Gasteiger partial charge < -0.3 is 14.5 Å². The highest BCUT2D eigenvalue weighted by atomic mass is 32.2. The molecule has 31 heavy (non-hydrogen) atoms. The molecule has 1 amide bonds. The molecule has 1 fully saturated rings. The lowest BCUT2D eigenvalue weighted by Crippen LogP contribution is -2.48. The lowest BCUT2D eigenvalue weighted by molar-refractivity contribution is 0.0746. The van der Waals surface area contributed by atoms with Gasteiger partial charge in [-0.3, -0.25) is 4.79 Å². The number of anilines is 2. The molecule has 3 aromatic carbocycles. The van der Waals surface area contributed by atoms with Crippen molar-refractivity contribution in [3.8, 4) is 0 Å². The SMILES string of the molecule is CCCc1ccc(NSc2cccc(C(=O)N3CCN(c4ccccc4)CC3)c2)cc1. The van der Waals surface area contributed by atoms with E-state index in [-0.39, 0.29) is 5.91 Å². The minimum Gasteiger partial charge on any atom is -0.368 e. The van der Waals surface area contributed by atoms with Gasteiger partial charge in [-0.2, -0.15) is 0 Å². The molecule has 4 nitrogen and oxygen atoms in total. The molecule has 3 aromatic rings. The molecule has 1 N–H and O–H groups in total. The van der Waals surface area contributed by atoms with Crippen LogP contribution in [0.3, 0.4) is 0 Å². The number of benzene rings is 3. The molecule has 1 aliphatic rings. The van der Waals surface area contributed by atoms with Crippen molar-refractivity contribution >= 4 is 29.2 Å². The summed E-state index contributed by atoms with van der Waals surface area (Å²) >= 11 is 1.54. The number of carbonyl (C=O) groups excluding carboxylic acids is 1. The molecule has 160 valence electrons. The second-order valence-corrected chi connectivity index (χ2v) is 8.67. The van der Waals surface area contributed by atoms with E-state index in [9.17, 15) is 4.79 Å². The average molecular weight is 432 g/mol. The van der Waals surface area contributed by atoms with Crippen LogP contribution in [0, 0.1) is 0 Å². The summed E-state index contributed by atoms with van der Waals surface area (Å²) in [4.78, 5) is 18.4. The monoisotopic (exact) mass is 431 g/mol. The normalized spacial score (nSPS) is 13.8. The van der Waals surface area contributed by atoms with Gasteiger partial charge in [-0.15, -0.1) is 0 Å². The van der Waals surface area contributed by atoms with Gasteiger partial charge in [0.1, 0.15) is 0 Å². The number of amides is 1. The third-order valence-corrected chi connectivity index (χ3v) is 6.38. The summed E-state index contributed by atoms with van der Waals surface area (Å²) in [6.07, 6.45) is 2.26. The molecule has 4 rings (SSSR count). The second-order valence-electron chi connectivity index (χ2n) is 7.79. The molecule has 1 aliphatic heterocycles. The van der Waals surface area contributed by atoms with E-state index in [0.717, 1.165) is 55.2 Å². The molecule has 0 bridgehead atoms. The van der Waals surface area contributed by atoms with Gasteiger partial charge in [0.2, 0.25) is 0 Å². The fourth-order valence-corrected chi connectivity index (χ4v) is 4.53. The summed E-state index contributed by atoms with van der Waals surface area (Å²) in [5, 5.41) is 0. The van der Waals surface area contributed by atoms with Gasteiger partial charge in [-0.05, 0) is 66.4 Å². The Hall–Kier alpha value is -2.92. The fraction of sp³-hybridized carbons (Fsp3) is 0.269. The maximum absolute atomic E-state index is 13.0. The van der Waals surface area contributed by atoms with Gasteiger partial charge in [0.05, 0.1) is 0 Å². The van der Waals surface area contributed by atoms with Crippen LogP contribution in [0.1, 0.15) is 29.3 Å². The molecule has 5 heteroatoms. The number of hydrogen-bond acceptors (Lipinski definition) is 4. The summed E-state index contributed by atoms with van der Waals surface area (Å²) < 4.78 is 3.39. The number of nitrogens with one attached hydrogen (secondary N) is 1. The summed E-state index contributed by atoms with van der Waals surface area (Å²) in [7, 11) is 0. The van der Waals surface area contributed by atoms with Gasteiger partial charge in [0.25, 0.3) is 5.91 Å². The van der Waals surface area contributed by atoms with E-state index in [1.807, 2.05) is 35.2 Å². The van der Waals surface area contributed by atoms with Crippen LogP contribution in [-0.2, 0) is 6.42 Å². The van der Waals surface area contributed by atoms with E-state index in [1.165, 1.54) is 23.2 Å². The first-order chi connectivity index (χ1) is 15.2. The van der Waals surface area contributed by atoms with E-state index in [0.29, 0.717) is 0 Å². The first kappa shape index (κ1) is 21.3. The van der Waals surface area contributed by atoms with Crippen molar-refractivity contribution in [2.45, 2.75) is 24.7 Å². The molecule has 0 spiro atoms. The zero-order chi connectivity index (χ0) is 21.5. The van der Waals surface area contributed by atoms with Crippen molar-refractivity contribution in [3.05, 3.63) is 90.0 Å². The lowest BCUT2D eigenvalue weighted by Gasteiger charge is -2.36. The van der Waals surface area contributed by atoms with Crippen LogP contribution >= 0.6 is 11.9 Å². The molecule has 0 saturated carbocycles. The van der Waals surface area contributed by atoms with Gasteiger partial charge in [0.15, 0.2) is 0 Å². The standard InChI is InChI=1S/C26H29N3OS/c1-2-7-21-12-14-23(15-13-21)27-31-25-11-6-8-22(20-25)26(30)29-18-16-28(17-19-29)24-9-4-3-5-10-24/h3-6,8-15,20,27H,2,7,16-19H2,1H3. The first-order valence-electron chi connectivity index (χ1n) is 10.9. The molecule has 1 saturated heterocycles. The minimum atomic E-state index is 0.110. The number of para-hydroxylation sites is 1. The van der Waals surface area contributed by atoms with Crippen LogP contribution in [0.25, 0.3) is 0 Å². The van der Waals surface area contributed by atoms with Crippen LogP contribution in [0.2, 0.25) is 0 Å². The fourth-order valence-electron chi connectivity index (χ4n) is 3.83. The largest absolute Gasteiger partial charge is 0.368 e. The zero-order valence-electron chi connectivity index (χ0n) is 18.0. The number of carbonyl (C=O) groups is 1. The molecule has 0 radical (unpaired) electrons. The zero-order valence-corrected chi connectivity index (χ0v) is 18.8. The summed E-state index contributed by atoms with van der Waals surface area (Å²) in [5.74, 6) is 0.110. The minimum absolute atomic E-state index is 0.110. The highest BCUT2D eigenvalue weighted by molar-refractivity contribution is 8.00. The lowest BCUT2D eigenvalue weighted by atomic mass is 10.1. The maximum atomic E-state index is 13.0. The molecule has 0 atom stereocenters. The topological polar surface area (TPSA) is 35.6 Å². The Morgan fingerprint density at radius 1 is 0.903 bits per heavy atom. The summed E-state index contributed by atoms with van der Waals surface area (Å²) in [6, 6.07) is 26.9. The van der Waals surface area contributed by atoms with Crippen LogP contribution in [0.5, 0.6) is 0 Å². The van der Waals surface area contributed by atoms with Crippen molar-refractivity contribution in [3.63, 3.8) is 0 Å². The van der Waals surface area contributed by atoms with E-state index >= 15 is 0 Å². The van der Waals surface area contributed by atoms with Gasteiger partial charge in [-0.1, -0.05) is 49.7 Å². The maximum Gasteiger partial charge on any atom is 0.254 e. The number of hydrogen-bond donors (Lipinski definition) is 1. The summed E-state index contributed by atoms with van der Waals surface area (Å²) in [5.41, 5.74) is 4.40. The quantitative estimate of drug-likeness (QED) is 0.485. The van der Waals surface area contributed by atoms with Crippen LogP contribution in [0.15, 0.2) is 83.8 Å². The molecule has 0 unspecified atom stereocenters. The van der Waals surface area contributed by atoms with E-state index in [4.69, 9.17) is 0 Å². The number of nitrogens with zero attached hydrogens (tertiary/aromatic N) is 2. The molecular weight excluding hydrogens is 402 g/mol.